The first-order valence-electron chi connectivity index (χ1n) is 2.27. The zero-order chi connectivity index (χ0) is 8.08. The Morgan fingerprint density at radius 2 is 1.11 bits per heavy atom. The third kappa shape index (κ3) is 269. The van der Waals surface area contributed by atoms with Gasteiger partial charge in [0.1, 0.15) is 0 Å². The van der Waals surface area contributed by atoms with Crippen LogP contribution in [0, 0.1) is 0 Å². The summed E-state index contributed by atoms with van der Waals surface area (Å²) in [5.41, 5.74) is 0. The van der Waals surface area contributed by atoms with Crippen LogP contribution in [0.1, 0.15) is 0 Å². The molecule has 0 saturated heterocycles. The Labute approximate surface area is 73.8 Å². The second kappa shape index (κ2) is 6.11. The molecule has 0 atom stereocenters. The second-order valence-electron chi connectivity index (χ2n) is 1.95. The van der Waals surface area contributed by atoms with Crippen molar-refractivity contribution < 1.29 is 13.2 Å². The van der Waals surface area contributed by atoms with E-state index in [1.807, 2.05) is 0 Å². The fourth-order valence-electron chi connectivity index (χ4n) is 0. The van der Waals surface area contributed by atoms with Gasteiger partial charge in [-0.2, -0.15) is 0 Å². The summed E-state index contributed by atoms with van der Waals surface area (Å²) < 4.78 is 27.1. The van der Waals surface area contributed by atoms with Crippen molar-refractivity contribution in [3.8, 4) is 0 Å². The zero-order valence-corrected chi connectivity index (χ0v) is 10.7. The van der Waals surface area contributed by atoms with Crippen molar-refractivity contribution in [2.24, 2.45) is 0 Å². The van der Waals surface area contributed by atoms with E-state index in [0.717, 1.165) is 0 Å². The number of halogens is 3. The van der Waals surface area contributed by atoms with Crippen LogP contribution in [0.2, 0.25) is 14.8 Å². The first-order valence-corrected chi connectivity index (χ1v) is 12.0. The summed E-state index contributed by atoms with van der Waals surface area (Å²) in [5.74, 6) is 0. The SMILES string of the molecule is FC(F)(F)[Te].[CH3][Sn]([CH3])[CH3]. The molecule has 5 heteroatoms. The number of hydrogen-bond donors (Lipinski definition) is 0. The van der Waals surface area contributed by atoms with Gasteiger partial charge in [-0.1, -0.05) is 0 Å². The van der Waals surface area contributed by atoms with Crippen molar-refractivity contribution in [3.05, 3.63) is 0 Å². The molecular formula is C4H9F3SnTe. The molecule has 9 heavy (non-hydrogen) atoms. The summed E-state index contributed by atoms with van der Waals surface area (Å²) in [6, 6.07) is 0. The number of hydrogen-bond acceptors (Lipinski definition) is 0. The maximum absolute atomic E-state index is 10.4. The van der Waals surface area contributed by atoms with Crippen molar-refractivity contribution in [2.45, 2.75) is 19.0 Å². The van der Waals surface area contributed by atoms with Gasteiger partial charge in [-0.15, -0.1) is 0 Å². The van der Waals surface area contributed by atoms with Crippen molar-refractivity contribution in [1.29, 1.82) is 0 Å². The van der Waals surface area contributed by atoms with Crippen molar-refractivity contribution in [2.75, 3.05) is 0 Å². The Hall–Kier alpha value is 1.38. The maximum atomic E-state index is 10.4. The van der Waals surface area contributed by atoms with Crippen molar-refractivity contribution >= 4 is 42.1 Å². The minimum atomic E-state index is -3.99. The Kier molecular flexibility index (Phi) is 8.83. The van der Waals surface area contributed by atoms with Gasteiger partial charge in [-0.25, -0.2) is 0 Å². The standard InChI is InChI=1S/CF3Te.3CH3.Sn/c2-1(3,4)5;;;;/h;3*1H3;. The first-order chi connectivity index (χ1) is 3.73. The topological polar surface area (TPSA) is 0 Å². The van der Waals surface area contributed by atoms with E-state index in [2.05, 4.69) is 14.8 Å². The molecule has 0 unspecified atom stereocenters. The molecule has 0 amide bonds. The van der Waals surface area contributed by atoms with Crippen LogP contribution in [0.4, 0.5) is 13.2 Å². The molecule has 0 nitrogen and oxygen atoms in total. The summed E-state index contributed by atoms with van der Waals surface area (Å²) in [7, 11) is 0. The van der Waals surface area contributed by atoms with Crippen LogP contribution < -0.4 is 0 Å². The summed E-state index contributed by atoms with van der Waals surface area (Å²) >= 11 is -0.419. The average molecular weight is 360 g/mol. The molecule has 0 aromatic rings. The monoisotopic (exact) mass is 364 g/mol. The van der Waals surface area contributed by atoms with Gasteiger partial charge in [-0.3, -0.25) is 0 Å². The van der Waals surface area contributed by atoms with Gasteiger partial charge in [0.2, 0.25) is 0 Å². The molecule has 0 heterocycles. The molecule has 0 aliphatic rings. The Morgan fingerprint density at radius 3 is 1.11 bits per heavy atom. The third-order valence-corrected chi connectivity index (χ3v) is 0. The molecule has 0 saturated carbocycles. The number of rotatable bonds is 0. The predicted octanol–water partition coefficient (Wildman–Crippen LogP) is 2.05. The van der Waals surface area contributed by atoms with Crippen LogP contribution in [0.3, 0.4) is 0 Å². The molecule has 56 valence electrons. The summed E-state index contributed by atoms with van der Waals surface area (Å²) in [6.07, 6.45) is 0. The van der Waals surface area contributed by atoms with Crippen LogP contribution in [0.15, 0.2) is 0 Å². The van der Waals surface area contributed by atoms with Crippen molar-refractivity contribution in [3.63, 3.8) is 0 Å². The van der Waals surface area contributed by atoms with E-state index in [4.69, 9.17) is 0 Å². The van der Waals surface area contributed by atoms with Gasteiger partial charge >= 0.3 is 74.3 Å². The Bertz CT molecular complexity index is 52.6. The van der Waals surface area contributed by atoms with Gasteiger partial charge in [0.15, 0.2) is 0 Å². The average Bonchev–Trinajstić information content (AvgIpc) is 1.19. The molecule has 0 aromatic heterocycles. The molecule has 0 aliphatic heterocycles. The molecule has 0 bridgehead atoms. The number of alkyl halides is 3. The van der Waals surface area contributed by atoms with Crippen LogP contribution >= 0.6 is 0 Å². The quantitative estimate of drug-likeness (QED) is 0.580. The summed E-state index contributed by atoms with van der Waals surface area (Å²) in [4.78, 5) is 7.09. The van der Waals surface area contributed by atoms with E-state index in [-0.39, 0.29) is 22.3 Å². The zero-order valence-electron chi connectivity index (χ0n) is 5.54. The predicted molar refractivity (Wildman–Crippen MR) is 35.2 cm³/mol. The molecule has 2 radical (unpaired) electrons. The minimum absolute atomic E-state index is 0.124. The molecule has 0 spiro atoms. The van der Waals surface area contributed by atoms with E-state index in [9.17, 15) is 13.2 Å². The summed E-state index contributed by atoms with van der Waals surface area (Å²) in [6.45, 7) is 0. The van der Waals surface area contributed by atoms with E-state index in [0.29, 0.717) is 0 Å². The second-order valence-corrected chi connectivity index (χ2v) is 11.8. The molecule has 0 N–H and O–H groups in total. The van der Waals surface area contributed by atoms with E-state index >= 15 is 0 Å². The van der Waals surface area contributed by atoms with Gasteiger partial charge < -0.3 is 0 Å². The summed E-state index contributed by atoms with van der Waals surface area (Å²) in [5, 5.41) is 0. The van der Waals surface area contributed by atoms with Gasteiger partial charge in [0, 0.05) is 0 Å². The van der Waals surface area contributed by atoms with Crippen LogP contribution in [0.25, 0.3) is 0 Å². The fraction of sp³-hybridized carbons (Fsp3) is 1.00. The Balaban J connectivity index is 0. The molecular weight excluding hydrogens is 351 g/mol. The van der Waals surface area contributed by atoms with Crippen LogP contribution in [-0.4, -0.2) is 46.3 Å². The van der Waals surface area contributed by atoms with Crippen LogP contribution in [-0.2, 0) is 0 Å². The Morgan fingerprint density at radius 1 is 1.11 bits per heavy atom. The van der Waals surface area contributed by atoms with E-state index in [1.54, 1.807) is 0 Å². The molecule has 0 rings (SSSR count). The first kappa shape index (κ1) is 13.0. The van der Waals surface area contributed by atoms with Crippen LogP contribution in [0.5, 0.6) is 0 Å². The van der Waals surface area contributed by atoms with E-state index in [1.165, 1.54) is 0 Å². The van der Waals surface area contributed by atoms with Gasteiger partial charge in [-0.05, 0) is 0 Å². The van der Waals surface area contributed by atoms with Gasteiger partial charge in [0.05, 0.1) is 0 Å². The normalized spacial score (nSPS) is 10.7. The fourth-order valence-corrected chi connectivity index (χ4v) is 0. The molecule has 0 fully saturated rings. The molecule has 0 aromatic carbocycles. The molecule has 0 aliphatic carbocycles. The van der Waals surface area contributed by atoms with Gasteiger partial charge in [0.25, 0.3) is 0 Å². The van der Waals surface area contributed by atoms with E-state index < -0.39 is 24.0 Å². The van der Waals surface area contributed by atoms with Crippen molar-refractivity contribution in [1.82, 2.24) is 0 Å². The third-order valence-electron chi connectivity index (χ3n) is 0.